The second-order valence-corrected chi connectivity index (χ2v) is 6.12. The molecule has 26 heavy (non-hydrogen) atoms. The Morgan fingerprint density at radius 3 is 2.50 bits per heavy atom. The summed E-state index contributed by atoms with van der Waals surface area (Å²) in [5.74, 6) is 0.210. The molecule has 0 bridgehead atoms. The van der Waals surface area contributed by atoms with E-state index >= 15 is 0 Å². The maximum Gasteiger partial charge on any atom is 0.274 e. The fourth-order valence-corrected chi connectivity index (χ4v) is 2.82. The Bertz CT molecular complexity index is 927. The van der Waals surface area contributed by atoms with E-state index in [1.165, 1.54) is 6.20 Å². The monoisotopic (exact) mass is 387 g/mol. The third kappa shape index (κ3) is 4.07. The highest BCUT2D eigenvalue weighted by atomic mass is 35.5. The lowest BCUT2D eigenvalue weighted by molar-refractivity contribution is 0.102. The number of ether oxygens (including phenoxy) is 1. The third-order valence-electron chi connectivity index (χ3n) is 3.58. The molecule has 0 saturated carbocycles. The van der Waals surface area contributed by atoms with E-state index in [9.17, 15) is 4.79 Å². The Kier molecular flexibility index (Phi) is 5.61. The van der Waals surface area contributed by atoms with Crippen LogP contribution in [0.3, 0.4) is 0 Å². The Labute approximate surface area is 160 Å². The first-order valence-electron chi connectivity index (χ1n) is 7.70. The van der Waals surface area contributed by atoms with Gasteiger partial charge in [0.15, 0.2) is 0 Å². The fraction of sp³-hybridized carbons (Fsp3) is 0.0526. The van der Waals surface area contributed by atoms with Gasteiger partial charge in [0, 0.05) is 11.9 Å². The van der Waals surface area contributed by atoms with Crippen LogP contribution in [-0.2, 0) is 0 Å². The van der Waals surface area contributed by atoms with Gasteiger partial charge in [-0.25, -0.2) is 0 Å². The van der Waals surface area contributed by atoms with Crippen LogP contribution in [0.25, 0.3) is 0 Å². The molecule has 0 spiro atoms. The number of hydrogen-bond donors (Lipinski definition) is 2. The van der Waals surface area contributed by atoms with Crippen molar-refractivity contribution in [2.45, 2.75) is 0 Å². The number of amides is 1. The second kappa shape index (κ2) is 8.08. The van der Waals surface area contributed by atoms with Crippen LogP contribution in [-0.4, -0.2) is 18.0 Å². The molecule has 0 aliphatic rings. The number of para-hydroxylation sites is 3. The van der Waals surface area contributed by atoms with E-state index in [4.69, 9.17) is 27.9 Å². The summed E-state index contributed by atoms with van der Waals surface area (Å²) in [7, 11) is 1.54. The molecule has 0 fully saturated rings. The van der Waals surface area contributed by atoms with Crippen LogP contribution in [0.2, 0.25) is 10.0 Å². The average molecular weight is 388 g/mol. The minimum atomic E-state index is -0.358. The molecule has 0 radical (unpaired) electrons. The quantitative estimate of drug-likeness (QED) is 0.615. The normalized spacial score (nSPS) is 10.3. The molecule has 5 nitrogen and oxygen atoms in total. The van der Waals surface area contributed by atoms with Gasteiger partial charge in [-0.05, 0) is 36.4 Å². The van der Waals surface area contributed by atoms with Crippen LogP contribution in [0.1, 0.15) is 10.5 Å². The summed E-state index contributed by atoms with van der Waals surface area (Å²) < 4.78 is 5.23. The summed E-state index contributed by atoms with van der Waals surface area (Å²) in [4.78, 5) is 16.6. The first-order chi connectivity index (χ1) is 12.6. The van der Waals surface area contributed by atoms with Gasteiger partial charge in [0.25, 0.3) is 5.91 Å². The second-order valence-electron chi connectivity index (χ2n) is 5.31. The lowest BCUT2D eigenvalue weighted by atomic mass is 10.2. The molecule has 1 aromatic heterocycles. The predicted octanol–water partition coefficient (Wildman–Crippen LogP) is 5.39. The minimum Gasteiger partial charge on any atom is -0.495 e. The van der Waals surface area contributed by atoms with Crippen LogP contribution >= 0.6 is 23.2 Å². The topological polar surface area (TPSA) is 63.2 Å². The molecule has 3 aromatic rings. The van der Waals surface area contributed by atoms with Crippen LogP contribution in [0.4, 0.5) is 17.1 Å². The van der Waals surface area contributed by atoms with Crippen molar-refractivity contribution in [2.75, 3.05) is 17.7 Å². The van der Waals surface area contributed by atoms with Crippen LogP contribution in [0.5, 0.6) is 5.75 Å². The highest BCUT2D eigenvalue weighted by Crippen LogP contribution is 2.32. The van der Waals surface area contributed by atoms with Gasteiger partial charge >= 0.3 is 0 Å². The van der Waals surface area contributed by atoms with Crippen molar-refractivity contribution in [3.05, 3.63) is 76.5 Å². The molecule has 0 aliphatic heterocycles. The first kappa shape index (κ1) is 18.0. The number of methoxy groups -OCH3 is 1. The molecule has 7 heteroatoms. The smallest absolute Gasteiger partial charge is 0.274 e. The van der Waals surface area contributed by atoms with E-state index in [0.29, 0.717) is 32.9 Å². The molecule has 0 aliphatic carbocycles. The zero-order valence-electron chi connectivity index (χ0n) is 13.8. The number of nitrogens with one attached hydrogen (secondary N) is 2. The van der Waals surface area contributed by atoms with Gasteiger partial charge in [0.2, 0.25) is 0 Å². The van der Waals surface area contributed by atoms with E-state index < -0.39 is 0 Å². The zero-order chi connectivity index (χ0) is 18.5. The maximum atomic E-state index is 12.5. The Hall–Kier alpha value is -2.76. The molecule has 0 unspecified atom stereocenters. The molecule has 132 valence electrons. The number of carbonyl (C=O) groups excluding carboxylic acids is 1. The van der Waals surface area contributed by atoms with Gasteiger partial charge in [-0.1, -0.05) is 41.4 Å². The summed E-state index contributed by atoms with van der Waals surface area (Å²) in [6.07, 6.45) is 1.53. The van der Waals surface area contributed by atoms with Gasteiger partial charge < -0.3 is 15.4 Å². The third-order valence-corrected chi connectivity index (χ3v) is 4.21. The molecule has 3 rings (SSSR count). The van der Waals surface area contributed by atoms with Crippen molar-refractivity contribution in [1.82, 2.24) is 4.98 Å². The number of carbonyl (C=O) groups is 1. The van der Waals surface area contributed by atoms with Gasteiger partial charge in [-0.3, -0.25) is 9.78 Å². The van der Waals surface area contributed by atoms with Crippen molar-refractivity contribution < 1.29 is 9.53 Å². The summed E-state index contributed by atoms with van der Waals surface area (Å²) >= 11 is 12.3. The molecular formula is C19H15Cl2N3O2. The van der Waals surface area contributed by atoms with E-state index in [1.54, 1.807) is 49.6 Å². The minimum absolute atomic E-state index is 0.240. The number of aromatic nitrogens is 1. The summed E-state index contributed by atoms with van der Waals surface area (Å²) in [5.41, 5.74) is 2.01. The number of rotatable bonds is 5. The van der Waals surface area contributed by atoms with Crippen LogP contribution < -0.4 is 15.4 Å². The van der Waals surface area contributed by atoms with Gasteiger partial charge in [-0.15, -0.1) is 0 Å². The Balaban J connectivity index is 1.82. The summed E-state index contributed by atoms with van der Waals surface area (Å²) in [5, 5.41) is 6.86. The Morgan fingerprint density at radius 2 is 1.77 bits per heavy atom. The number of halogens is 2. The van der Waals surface area contributed by atoms with Crippen molar-refractivity contribution >= 4 is 46.2 Å². The fourth-order valence-electron chi connectivity index (χ4n) is 2.33. The standard InChI is InChI=1S/C19H15Cl2N3O2/c1-26-17-8-3-2-7-15(17)24-19(25)16-11-12(9-10-22-16)23-18-13(20)5-4-6-14(18)21/h2-11H,1H3,(H,22,23)(H,24,25). The van der Waals surface area contributed by atoms with E-state index in [2.05, 4.69) is 15.6 Å². The lowest BCUT2D eigenvalue weighted by Gasteiger charge is -2.12. The Morgan fingerprint density at radius 1 is 1.04 bits per heavy atom. The highest BCUT2D eigenvalue weighted by Gasteiger charge is 2.12. The average Bonchev–Trinajstić information content (AvgIpc) is 2.65. The lowest BCUT2D eigenvalue weighted by Crippen LogP contribution is -2.14. The molecule has 0 saturated heterocycles. The maximum absolute atomic E-state index is 12.5. The number of hydrogen-bond acceptors (Lipinski definition) is 4. The van der Waals surface area contributed by atoms with Crippen molar-refractivity contribution in [1.29, 1.82) is 0 Å². The van der Waals surface area contributed by atoms with Crippen molar-refractivity contribution in [2.24, 2.45) is 0 Å². The van der Waals surface area contributed by atoms with Gasteiger partial charge in [0.05, 0.1) is 28.5 Å². The number of pyridine rings is 1. The summed E-state index contributed by atoms with van der Waals surface area (Å²) in [6.45, 7) is 0. The number of nitrogens with zero attached hydrogens (tertiary/aromatic N) is 1. The van der Waals surface area contributed by atoms with E-state index in [-0.39, 0.29) is 11.6 Å². The number of anilines is 3. The largest absolute Gasteiger partial charge is 0.495 e. The molecule has 0 atom stereocenters. The predicted molar refractivity (Wildman–Crippen MR) is 105 cm³/mol. The zero-order valence-corrected chi connectivity index (χ0v) is 15.3. The summed E-state index contributed by atoms with van der Waals surface area (Å²) in [6, 6.07) is 15.7. The van der Waals surface area contributed by atoms with Gasteiger partial charge in [0.1, 0.15) is 11.4 Å². The van der Waals surface area contributed by atoms with Crippen molar-refractivity contribution in [3.8, 4) is 5.75 Å². The van der Waals surface area contributed by atoms with Crippen molar-refractivity contribution in [3.63, 3.8) is 0 Å². The molecule has 1 amide bonds. The SMILES string of the molecule is COc1ccccc1NC(=O)c1cc(Nc2c(Cl)cccc2Cl)ccn1. The highest BCUT2D eigenvalue weighted by molar-refractivity contribution is 6.39. The first-order valence-corrected chi connectivity index (χ1v) is 8.45. The molecule has 2 aromatic carbocycles. The van der Waals surface area contributed by atoms with Gasteiger partial charge in [-0.2, -0.15) is 0 Å². The van der Waals surface area contributed by atoms with Crippen LogP contribution in [0, 0.1) is 0 Å². The van der Waals surface area contributed by atoms with E-state index in [1.807, 2.05) is 12.1 Å². The number of benzene rings is 2. The van der Waals surface area contributed by atoms with Crippen LogP contribution in [0.15, 0.2) is 60.8 Å². The van der Waals surface area contributed by atoms with E-state index in [0.717, 1.165) is 0 Å². The molecule has 2 N–H and O–H groups in total. The molecular weight excluding hydrogens is 373 g/mol. The molecule has 1 heterocycles.